The van der Waals surface area contributed by atoms with Crippen LogP contribution in [0.2, 0.25) is 0 Å². The molecule has 1 spiro atoms. The molecule has 25 heavy (non-hydrogen) atoms. The van der Waals surface area contributed by atoms with Crippen molar-refractivity contribution in [3.63, 3.8) is 0 Å². The van der Waals surface area contributed by atoms with E-state index in [1.54, 1.807) is 18.2 Å². The highest BCUT2D eigenvalue weighted by Crippen LogP contribution is 2.68. The molecule has 4 aliphatic carbocycles. The quantitative estimate of drug-likeness (QED) is 0.649. The van der Waals surface area contributed by atoms with Gasteiger partial charge in [-0.15, -0.1) is 0 Å². The van der Waals surface area contributed by atoms with E-state index in [9.17, 15) is 0 Å². The van der Waals surface area contributed by atoms with Crippen molar-refractivity contribution in [1.82, 2.24) is 0 Å². The summed E-state index contributed by atoms with van der Waals surface area (Å²) in [5.74, 6) is 4.97. The van der Waals surface area contributed by atoms with E-state index in [1.165, 1.54) is 48.8 Å². The van der Waals surface area contributed by atoms with E-state index in [1.807, 2.05) is 0 Å². The first-order chi connectivity index (χ1) is 12.2. The maximum Gasteiger partial charge on any atom is 0.119 e. The molecule has 1 heteroatoms. The Bertz CT molecular complexity index is 862. The van der Waals surface area contributed by atoms with Crippen LogP contribution in [-0.2, 0) is 5.41 Å². The summed E-state index contributed by atoms with van der Waals surface area (Å²) in [7, 11) is 1.78. The van der Waals surface area contributed by atoms with Crippen LogP contribution in [0.3, 0.4) is 0 Å². The van der Waals surface area contributed by atoms with Gasteiger partial charge in [0.15, 0.2) is 0 Å². The average Bonchev–Trinajstić information content (AvgIpc) is 3.36. The monoisotopic (exact) mass is 330 g/mol. The van der Waals surface area contributed by atoms with Crippen LogP contribution in [0.1, 0.15) is 48.8 Å². The maximum atomic E-state index is 5.55. The number of fused-ring (bicyclic) bond motifs is 10. The lowest BCUT2D eigenvalue weighted by Crippen LogP contribution is -2.23. The molecule has 6 rings (SSSR count). The van der Waals surface area contributed by atoms with Gasteiger partial charge in [0.25, 0.3) is 0 Å². The molecule has 0 radical (unpaired) electrons. The number of hydrogen-bond acceptors (Lipinski definition) is 1. The SMILES string of the molecule is COc1ccc2c(c1)-c1cc(C)ccc1C21CC2C3CCC(C3)C2C1. The van der Waals surface area contributed by atoms with E-state index in [0.717, 1.165) is 29.4 Å². The topological polar surface area (TPSA) is 9.23 Å². The van der Waals surface area contributed by atoms with Crippen LogP contribution in [0.5, 0.6) is 5.75 Å². The lowest BCUT2D eigenvalue weighted by molar-refractivity contribution is 0.259. The molecular formula is C24H26O. The Balaban J connectivity index is 1.57. The predicted octanol–water partition coefficient (Wildman–Crippen LogP) is 5.73. The van der Waals surface area contributed by atoms with Crippen molar-refractivity contribution in [1.29, 1.82) is 0 Å². The smallest absolute Gasteiger partial charge is 0.119 e. The second-order valence-corrected chi connectivity index (χ2v) is 9.11. The Hall–Kier alpha value is -1.76. The molecule has 0 heterocycles. The molecule has 0 aromatic heterocycles. The molecule has 3 fully saturated rings. The number of aryl methyl sites for hydroxylation is 1. The Morgan fingerprint density at radius 1 is 0.880 bits per heavy atom. The van der Waals surface area contributed by atoms with Crippen LogP contribution in [0.15, 0.2) is 36.4 Å². The summed E-state index contributed by atoms with van der Waals surface area (Å²) < 4.78 is 5.55. The molecule has 4 aliphatic rings. The molecule has 2 aromatic rings. The zero-order valence-electron chi connectivity index (χ0n) is 15.2. The minimum absolute atomic E-state index is 0.279. The van der Waals surface area contributed by atoms with Crippen molar-refractivity contribution in [2.75, 3.05) is 7.11 Å². The normalized spacial score (nSPS) is 36.6. The first kappa shape index (κ1) is 14.4. The number of rotatable bonds is 1. The van der Waals surface area contributed by atoms with E-state index >= 15 is 0 Å². The first-order valence-corrected chi connectivity index (χ1v) is 10.00. The fourth-order valence-corrected chi connectivity index (χ4v) is 7.23. The van der Waals surface area contributed by atoms with Gasteiger partial charge in [-0.05, 0) is 97.1 Å². The Kier molecular flexibility index (Phi) is 2.71. The third kappa shape index (κ3) is 1.70. The van der Waals surface area contributed by atoms with Gasteiger partial charge in [0.2, 0.25) is 0 Å². The molecule has 0 N–H and O–H groups in total. The van der Waals surface area contributed by atoms with Crippen molar-refractivity contribution in [2.24, 2.45) is 23.7 Å². The molecule has 0 aliphatic heterocycles. The summed E-state index contributed by atoms with van der Waals surface area (Å²) in [6.07, 6.45) is 7.29. The van der Waals surface area contributed by atoms with Gasteiger partial charge < -0.3 is 4.74 Å². The fraction of sp³-hybridized carbons (Fsp3) is 0.500. The largest absolute Gasteiger partial charge is 0.497 e. The van der Waals surface area contributed by atoms with Gasteiger partial charge >= 0.3 is 0 Å². The van der Waals surface area contributed by atoms with Crippen molar-refractivity contribution in [3.05, 3.63) is 53.1 Å². The Morgan fingerprint density at radius 3 is 2.20 bits per heavy atom. The average molecular weight is 330 g/mol. The van der Waals surface area contributed by atoms with Crippen molar-refractivity contribution < 1.29 is 4.74 Å². The summed E-state index contributed by atoms with van der Waals surface area (Å²) in [5.41, 5.74) is 7.74. The lowest BCUT2D eigenvalue weighted by atomic mass is 9.74. The molecule has 4 unspecified atom stereocenters. The molecule has 2 aromatic carbocycles. The van der Waals surface area contributed by atoms with Gasteiger partial charge in [0.05, 0.1) is 7.11 Å². The lowest BCUT2D eigenvalue weighted by Gasteiger charge is -2.29. The Morgan fingerprint density at radius 2 is 1.52 bits per heavy atom. The van der Waals surface area contributed by atoms with Gasteiger partial charge in [-0.2, -0.15) is 0 Å². The number of ether oxygens (including phenoxy) is 1. The molecule has 4 atom stereocenters. The molecule has 128 valence electrons. The minimum atomic E-state index is 0.279. The van der Waals surface area contributed by atoms with Crippen LogP contribution in [0.25, 0.3) is 11.1 Å². The second-order valence-electron chi connectivity index (χ2n) is 9.11. The van der Waals surface area contributed by atoms with Crippen LogP contribution >= 0.6 is 0 Å². The van der Waals surface area contributed by atoms with Gasteiger partial charge in [0.1, 0.15) is 5.75 Å². The first-order valence-electron chi connectivity index (χ1n) is 10.00. The van der Waals surface area contributed by atoms with Crippen LogP contribution < -0.4 is 4.74 Å². The van der Waals surface area contributed by atoms with E-state index in [2.05, 4.69) is 43.3 Å². The summed E-state index contributed by atoms with van der Waals surface area (Å²) >= 11 is 0. The van der Waals surface area contributed by atoms with Crippen molar-refractivity contribution in [2.45, 2.75) is 44.4 Å². The predicted molar refractivity (Wildman–Crippen MR) is 101 cm³/mol. The summed E-state index contributed by atoms with van der Waals surface area (Å²) in [5, 5.41) is 0. The standard InChI is InChI=1S/C24H26O/c1-14-3-7-22-18(9-14)19-11-17(25-2)6-8-23(19)24(22)12-20-15-4-5-16(10-15)21(20)13-24/h3,6-9,11,15-16,20-21H,4-5,10,12-13H2,1-2H3. The van der Waals surface area contributed by atoms with Gasteiger partial charge in [-0.25, -0.2) is 0 Å². The van der Waals surface area contributed by atoms with Crippen LogP contribution in [-0.4, -0.2) is 7.11 Å². The third-order valence-electron chi connectivity index (χ3n) is 8.17. The van der Waals surface area contributed by atoms with Crippen LogP contribution in [0.4, 0.5) is 0 Å². The Labute approximate surface area is 150 Å². The van der Waals surface area contributed by atoms with Gasteiger partial charge in [0, 0.05) is 5.41 Å². The fourth-order valence-electron chi connectivity index (χ4n) is 7.23. The molecule has 2 bridgehead atoms. The maximum absolute atomic E-state index is 5.55. The minimum Gasteiger partial charge on any atom is -0.497 e. The molecule has 3 saturated carbocycles. The summed E-state index contributed by atoms with van der Waals surface area (Å²) in [4.78, 5) is 0. The van der Waals surface area contributed by atoms with E-state index in [4.69, 9.17) is 4.74 Å². The number of methoxy groups -OCH3 is 1. The zero-order valence-corrected chi connectivity index (χ0v) is 15.2. The van der Waals surface area contributed by atoms with Crippen molar-refractivity contribution in [3.8, 4) is 16.9 Å². The third-order valence-corrected chi connectivity index (χ3v) is 8.17. The van der Waals surface area contributed by atoms with E-state index in [0.29, 0.717) is 0 Å². The van der Waals surface area contributed by atoms with E-state index < -0.39 is 0 Å². The highest BCUT2D eigenvalue weighted by molar-refractivity contribution is 5.82. The highest BCUT2D eigenvalue weighted by Gasteiger charge is 2.59. The van der Waals surface area contributed by atoms with Gasteiger partial charge in [-0.1, -0.05) is 29.8 Å². The van der Waals surface area contributed by atoms with Crippen molar-refractivity contribution >= 4 is 0 Å². The molecule has 1 nitrogen and oxygen atoms in total. The summed E-state index contributed by atoms with van der Waals surface area (Å²) in [6, 6.07) is 14.0. The summed E-state index contributed by atoms with van der Waals surface area (Å²) in [6.45, 7) is 2.22. The highest BCUT2D eigenvalue weighted by atomic mass is 16.5. The number of benzene rings is 2. The van der Waals surface area contributed by atoms with Gasteiger partial charge in [-0.3, -0.25) is 0 Å². The van der Waals surface area contributed by atoms with E-state index in [-0.39, 0.29) is 5.41 Å². The van der Waals surface area contributed by atoms with Crippen LogP contribution in [0, 0.1) is 30.6 Å². The molecular weight excluding hydrogens is 304 g/mol. The number of hydrogen-bond donors (Lipinski definition) is 0. The zero-order chi connectivity index (χ0) is 16.8. The molecule has 0 saturated heterocycles. The second kappa shape index (κ2) is 4.69. The molecule has 0 amide bonds.